The van der Waals surface area contributed by atoms with Crippen molar-refractivity contribution in [1.82, 2.24) is 9.97 Å². The number of nitrogens with zero attached hydrogens (tertiary/aromatic N) is 2. The first-order chi connectivity index (χ1) is 5.58. The average Bonchev–Trinajstić information content (AvgIpc) is 2.02. The van der Waals surface area contributed by atoms with Gasteiger partial charge in [-0.05, 0) is 19.9 Å². The maximum atomic E-state index is 5.27. The Balaban J connectivity index is 2.44. The average molecular weight is 184 g/mol. The molecule has 1 heterocycles. The molecule has 0 aliphatic heterocycles. The maximum Gasteiger partial charge on any atom is 0.316 e. The van der Waals surface area contributed by atoms with Gasteiger partial charge in [0.15, 0.2) is 0 Å². The van der Waals surface area contributed by atoms with Crippen LogP contribution < -0.4 is 4.74 Å². The molecule has 12 heavy (non-hydrogen) atoms. The van der Waals surface area contributed by atoms with Gasteiger partial charge in [-0.2, -0.15) is 12.6 Å². The highest BCUT2D eigenvalue weighted by atomic mass is 32.1. The molecule has 0 atom stereocenters. The van der Waals surface area contributed by atoms with Crippen LogP contribution in [0.2, 0.25) is 0 Å². The van der Waals surface area contributed by atoms with E-state index in [1.54, 1.807) is 18.5 Å². The van der Waals surface area contributed by atoms with Gasteiger partial charge in [-0.1, -0.05) is 0 Å². The molecule has 1 rings (SSSR count). The minimum absolute atomic E-state index is 0.154. The van der Waals surface area contributed by atoms with Crippen molar-refractivity contribution in [2.75, 3.05) is 6.61 Å². The van der Waals surface area contributed by atoms with E-state index in [0.29, 0.717) is 12.6 Å². The normalized spacial score (nSPS) is 11.2. The van der Waals surface area contributed by atoms with Crippen LogP contribution in [0.3, 0.4) is 0 Å². The molecule has 66 valence electrons. The van der Waals surface area contributed by atoms with Crippen molar-refractivity contribution in [1.29, 1.82) is 0 Å². The number of hydrogen-bond donors (Lipinski definition) is 1. The van der Waals surface area contributed by atoms with Crippen molar-refractivity contribution in [3.05, 3.63) is 18.5 Å². The lowest BCUT2D eigenvalue weighted by Gasteiger charge is -2.16. The van der Waals surface area contributed by atoms with E-state index in [0.717, 1.165) is 0 Å². The van der Waals surface area contributed by atoms with Crippen molar-refractivity contribution >= 4 is 12.6 Å². The lowest BCUT2D eigenvalue weighted by atomic mass is 10.2. The highest BCUT2D eigenvalue weighted by Gasteiger charge is 2.12. The minimum atomic E-state index is -0.154. The van der Waals surface area contributed by atoms with Crippen LogP contribution in [0, 0.1) is 0 Å². The fourth-order valence-electron chi connectivity index (χ4n) is 0.601. The van der Waals surface area contributed by atoms with Gasteiger partial charge < -0.3 is 4.74 Å². The van der Waals surface area contributed by atoms with E-state index in [1.165, 1.54) is 0 Å². The summed E-state index contributed by atoms with van der Waals surface area (Å²) in [6.07, 6.45) is 3.29. The van der Waals surface area contributed by atoms with E-state index >= 15 is 0 Å². The summed E-state index contributed by atoms with van der Waals surface area (Å²) in [4.78, 5) is 7.83. The van der Waals surface area contributed by atoms with Gasteiger partial charge in [0.05, 0.1) is 0 Å². The molecule has 0 saturated heterocycles. The zero-order valence-electron chi connectivity index (χ0n) is 7.19. The summed E-state index contributed by atoms with van der Waals surface area (Å²) in [6.45, 7) is 4.44. The van der Waals surface area contributed by atoms with Gasteiger partial charge in [0.1, 0.15) is 6.61 Å². The lowest BCUT2D eigenvalue weighted by Crippen LogP contribution is -2.22. The van der Waals surface area contributed by atoms with Crippen LogP contribution in [0.15, 0.2) is 18.5 Å². The van der Waals surface area contributed by atoms with E-state index in [-0.39, 0.29) is 4.75 Å². The minimum Gasteiger partial charge on any atom is -0.462 e. The van der Waals surface area contributed by atoms with E-state index in [9.17, 15) is 0 Å². The fraction of sp³-hybridized carbons (Fsp3) is 0.500. The molecular formula is C8H12N2OS. The third kappa shape index (κ3) is 3.57. The number of hydrogen-bond acceptors (Lipinski definition) is 4. The molecule has 0 aliphatic rings. The van der Waals surface area contributed by atoms with Gasteiger partial charge in [-0.15, -0.1) is 0 Å². The van der Waals surface area contributed by atoms with Crippen LogP contribution in [0.25, 0.3) is 0 Å². The monoisotopic (exact) mass is 184 g/mol. The number of ether oxygens (including phenoxy) is 1. The first-order valence-electron chi connectivity index (χ1n) is 3.70. The Bertz CT molecular complexity index is 233. The summed E-state index contributed by atoms with van der Waals surface area (Å²) in [7, 11) is 0. The van der Waals surface area contributed by atoms with Crippen molar-refractivity contribution in [2.24, 2.45) is 0 Å². The predicted octanol–water partition coefficient (Wildman–Crippen LogP) is 1.56. The quantitative estimate of drug-likeness (QED) is 0.724. The molecular weight excluding hydrogens is 172 g/mol. The number of rotatable bonds is 3. The molecule has 4 heteroatoms. The summed E-state index contributed by atoms with van der Waals surface area (Å²) in [5.41, 5.74) is 0. The van der Waals surface area contributed by atoms with Gasteiger partial charge in [0.25, 0.3) is 0 Å². The molecule has 0 fully saturated rings. The van der Waals surface area contributed by atoms with Crippen LogP contribution in [0.1, 0.15) is 13.8 Å². The van der Waals surface area contributed by atoms with E-state index in [2.05, 4.69) is 22.6 Å². The topological polar surface area (TPSA) is 35.0 Å². The largest absolute Gasteiger partial charge is 0.462 e. The molecule has 1 aromatic rings. The lowest BCUT2D eigenvalue weighted by molar-refractivity contribution is 0.266. The standard InChI is InChI=1S/C8H12N2OS/c1-8(2,12)6-11-7-9-4-3-5-10-7/h3-5,12H,6H2,1-2H3. The molecule has 3 nitrogen and oxygen atoms in total. The molecule has 0 bridgehead atoms. The molecule has 0 radical (unpaired) electrons. The van der Waals surface area contributed by atoms with E-state index in [1.807, 2.05) is 13.8 Å². The van der Waals surface area contributed by atoms with Gasteiger partial charge in [0, 0.05) is 17.1 Å². The van der Waals surface area contributed by atoms with Crippen molar-refractivity contribution in [2.45, 2.75) is 18.6 Å². The Kier molecular flexibility index (Phi) is 2.92. The second-order valence-corrected chi connectivity index (χ2v) is 4.34. The Labute approximate surface area is 77.6 Å². The summed E-state index contributed by atoms with van der Waals surface area (Å²) in [6, 6.07) is 2.15. The van der Waals surface area contributed by atoms with E-state index in [4.69, 9.17) is 4.74 Å². The Morgan fingerprint density at radius 3 is 2.50 bits per heavy atom. The summed E-state index contributed by atoms with van der Waals surface area (Å²) >= 11 is 4.30. The highest BCUT2D eigenvalue weighted by molar-refractivity contribution is 7.81. The molecule has 0 N–H and O–H groups in total. The SMILES string of the molecule is CC(C)(S)COc1ncccn1. The Hall–Kier alpha value is -0.770. The fourth-order valence-corrected chi connectivity index (χ4v) is 0.666. The first-order valence-corrected chi connectivity index (χ1v) is 4.15. The van der Waals surface area contributed by atoms with Crippen LogP contribution in [0.4, 0.5) is 0 Å². The van der Waals surface area contributed by atoms with Gasteiger partial charge in [-0.25, -0.2) is 9.97 Å². The van der Waals surface area contributed by atoms with Gasteiger partial charge in [0.2, 0.25) is 0 Å². The molecule has 0 spiro atoms. The first kappa shape index (κ1) is 9.32. The molecule has 1 aromatic heterocycles. The second kappa shape index (κ2) is 3.76. The van der Waals surface area contributed by atoms with Crippen LogP contribution >= 0.6 is 12.6 Å². The van der Waals surface area contributed by atoms with Crippen LogP contribution in [0.5, 0.6) is 6.01 Å². The molecule has 0 amide bonds. The highest BCUT2D eigenvalue weighted by Crippen LogP contribution is 2.12. The van der Waals surface area contributed by atoms with Gasteiger partial charge >= 0.3 is 6.01 Å². The van der Waals surface area contributed by atoms with Crippen molar-refractivity contribution in [3.63, 3.8) is 0 Å². The third-order valence-corrected chi connectivity index (χ3v) is 1.23. The molecule has 0 aliphatic carbocycles. The van der Waals surface area contributed by atoms with Crippen molar-refractivity contribution < 1.29 is 4.74 Å². The van der Waals surface area contributed by atoms with Crippen LogP contribution in [-0.2, 0) is 0 Å². The zero-order chi connectivity index (χ0) is 9.03. The van der Waals surface area contributed by atoms with Crippen LogP contribution in [-0.4, -0.2) is 21.3 Å². The molecule has 0 unspecified atom stereocenters. The van der Waals surface area contributed by atoms with E-state index < -0.39 is 0 Å². The van der Waals surface area contributed by atoms with Gasteiger partial charge in [-0.3, -0.25) is 0 Å². The summed E-state index contributed by atoms with van der Waals surface area (Å²) < 4.78 is 5.12. The zero-order valence-corrected chi connectivity index (χ0v) is 8.08. The predicted molar refractivity (Wildman–Crippen MR) is 50.6 cm³/mol. The van der Waals surface area contributed by atoms with Crippen molar-refractivity contribution in [3.8, 4) is 6.01 Å². The molecule has 0 aromatic carbocycles. The third-order valence-electron chi connectivity index (χ3n) is 1.10. The summed E-state index contributed by atoms with van der Waals surface area (Å²) in [5, 5.41) is 0. The number of aromatic nitrogens is 2. The molecule has 0 saturated carbocycles. The summed E-state index contributed by atoms with van der Waals surface area (Å²) in [5.74, 6) is 0. The number of thiol groups is 1. The smallest absolute Gasteiger partial charge is 0.316 e. The Morgan fingerprint density at radius 2 is 2.00 bits per heavy atom. The second-order valence-electron chi connectivity index (χ2n) is 3.13. The Morgan fingerprint density at radius 1 is 1.42 bits per heavy atom. The maximum absolute atomic E-state index is 5.27.